The Balaban J connectivity index is 0.000000108. The van der Waals surface area contributed by atoms with Gasteiger partial charge in [0, 0.05) is 170 Å². The lowest BCUT2D eigenvalue weighted by molar-refractivity contribution is 0.858. The standard InChI is InChI=1S/C22H20N2.C21H19N3.C21H18N2.C20H18N4.C20H17N3.C19H16N4/c1-16-5-7-17(8-6-16)9-12-22-23-14-21(15-24-22)20-11-10-18-3-2-4-19(18)13-20;1-15-2-4-16(5-3-15)6-9-21-23-13-19(14-24-21)17-7-8-20-18(12-17)10-11-22-20;1-2-5-16(6-3-1)9-12-21-22-14-20(15-23-21)19-11-10-17-7-4-8-18(17)13-19;1-14-2-4-15(5-3-14)6-9-20-21-11-17(12-22-20)16-7-8-18-19(10-16)24-13-23-18;1-2-4-15(5-3-1)6-9-20-22-13-18(14-23-20)16-7-8-19-17(12-16)10-11-21-19;1-2-4-14(5-3-1)6-9-19-20-11-16(12-21-19)15-7-8-17-18(10-15)23-13-22-17/h2-3,5-8,10-11,13-15H,4,9,12H2,1H3;2-5,7-8,10-14,22H,6,9H2,1H3;1-7,10-11,13-15H,8-9,12H2;2-5,7-8,10-13H,6,9H2,1H3,(H,23,24);1-5,7-8,10-14,21H,6,9H2;1-5,7-8,10-13H,6,9H2,(H,22,23). The van der Waals surface area contributed by atoms with Crippen molar-refractivity contribution < 1.29 is 0 Å². The molecule has 24 rings (SSSR count). The maximum Gasteiger partial charge on any atom is 0.128 e. The Labute approximate surface area is 821 Å². The molecule has 0 fully saturated rings. The van der Waals surface area contributed by atoms with E-state index in [-0.39, 0.29) is 0 Å². The van der Waals surface area contributed by atoms with Crippen LogP contribution in [0.4, 0.5) is 0 Å². The summed E-state index contributed by atoms with van der Waals surface area (Å²) in [7, 11) is 0. The molecule has 18 nitrogen and oxygen atoms in total. The first-order chi connectivity index (χ1) is 69.5. The number of allylic oxidation sites excluding steroid dienone is 2. The monoisotopic (exact) mass is 1840 g/mol. The molecule has 12 aromatic carbocycles. The normalized spacial score (nSPS) is 11.5. The van der Waals surface area contributed by atoms with Gasteiger partial charge in [0.25, 0.3) is 0 Å². The summed E-state index contributed by atoms with van der Waals surface area (Å²) in [6.45, 7) is 6.32. The maximum absolute atomic E-state index is 4.55. The van der Waals surface area contributed by atoms with Crippen LogP contribution in [-0.4, -0.2) is 89.7 Å². The van der Waals surface area contributed by atoms with Gasteiger partial charge in [-0.05, 0) is 233 Å². The van der Waals surface area contributed by atoms with Crippen molar-refractivity contribution >= 4 is 56.0 Å². The number of nitrogens with zero attached hydrogens (tertiary/aromatic N) is 14. The van der Waals surface area contributed by atoms with Gasteiger partial charge >= 0.3 is 0 Å². The first-order valence-corrected chi connectivity index (χ1v) is 48.2. The number of hydrogen-bond acceptors (Lipinski definition) is 14. The van der Waals surface area contributed by atoms with Crippen LogP contribution < -0.4 is 0 Å². The lowest BCUT2D eigenvalue weighted by Crippen LogP contribution is -1.98. The molecule has 18 heteroatoms. The number of aromatic nitrogens is 18. The highest BCUT2D eigenvalue weighted by Gasteiger charge is 2.15. The van der Waals surface area contributed by atoms with E-state index >= 15 is 0 Å². The van der Waals surface area contributed by atoms with E-state index in [2.05, 4.69) is 377 Å². The van der Waals surface area contributed by atoms with Crippen molar-refractivity contribution in [2.75, 3.05) is 0 Å². The summed E-state index contributed by atoms with van der Waals surface area (Å²) in [5.74, 6) is 5.34. The summed E-state index contributed by atoms with van der Waals surface area (Å²) in [6.07, 6.45) is 52.2. The van der Waals surface area contributed by atoms with Gasteiger partial charge in [0.15, 0.2) is 0 Å². The molecule has 22 aromatic rings. The molecule has 10 heterocycles. The summed E-state index contributed by atoms with van der Waals surface area (Å²) in [4.78, 5) is 75.5. The number of fused-ring (bicyclic) bond motifs is 6. The molecule has 0 unspecified atom stereocenters. The molecule has 4 N–H and O–H groups in total. The second-order valence-electron chi connectivity index (χ2n) is 35.6. The van der Waals surface area contributed by atoms with Crippen LogP contribution in [0.2, 0.25) is 0 Å². The summed E-state index contributed by atoms with van der Waals surface area (Å²) in [6, 6.07) is 99.6. The van der Waals surface area contributed by atoms with Gasteiger partial charge in [-0.2, -0.15) is 0 Å². The zero-order valence-electron chi connectivity index (χ0n) is 79.3. The molecular weight excluding hydrogens is 1730 g/mol. The average Bonchev–Trinajstić information content (AvgIpc) is 1.78. The molecular formula is C123H108N18. The fraction of sp³-hybridized carbons (Fsp3) is 0.138. The van der Waals surface area contributed by atoms with Crippen LogP contribution >= 0.6 is 0 Å². The maximum atomic E-state index is 4.55. The fourth-order valence-corrected chi connectivity index (χ4v) is 17.1. The third-order valence-corrected chi connectivity index (χ3v) is 25.4. The molecule has 0 aliphatic heterocycles. The molecule has 0 atom stereocenters. The van der Waals surface area contributed by atoms with Crippen molar-refractivity contribution in [3.63, 3.8) is 0 Å². The third-order valence-electron chi connectivity index (χ3n) is 25.4. The van der Waals surface area contributed by atoms with E-state index < -0.39 is 0 Å². The van der Waals surface area contributed by atoms with Crippen LogP contribution in [0.3, 0.4) is 0 Å². The minimum absolute atomic E-state index is 0.850. The van der Waals surface area contributed by atoms with Gasteiger partial charge in [-0.25, -0.2) is 69.8 Å². The summed E-state index contributed by atoms with van der Waals surface area (Å²) < 4.78 is 0. The SMILES string of the molecule is C1=Cc2ccc(-c3cnc(CCc4ccccc4)nc3)cc2C1.Cc1ccc(CCc2ncc(-c3ccc4[nH]ccc4c3)cn2)cc1.Cc1ccc(CCc2ncc(-c3ccc4c(c3)CC=C4)cn2)cc1.Cc1ccc(CCc2ncc(-c3ccc4nc[nH]c4c3)cn2)cc1.c1ccc(CCc2ncc(-c3ccc4[nH]ccc4c3)cn2)cc1.c1ccc(CCc2ncc(-c3ccc4nc[nH]c4c3)cn2)cc1. The van der Waals surface area contributed by atoms with E-state index in [9.17, 15) is 0 Å². The zero-order chi connectivity index (χ0) is 95.5. The highest BCUT2D eigenvalue weighted by Crippen LogP contribution is 2.32. The number of H-pyrrole nitrogens is 4. The van der Waals surface area contributed by atoms with Crippen molar-refractivity contribution in [1.29, 1.82) is 0 Å². The van der Waals surface area contributed by atoms with Crippen LogP contribution in [0.1, 0.15) is 107 Å². The Bertz CT molecular complexity index is 7540. The minimum atomic E-state index is 0.850. The number of nitrogens with one attached hydrogen (secondary N) is 4. The smallest absolute Gasteiger partial charge is 0.128 e. The highest BCUT2D eigenvalue weighted by molar-refractivity contribution is 5.87. The first-order valence-electron chi connectivity index (χ1n) is 48.2. The predicted molar refractivity (Wildman–Crippen MR) is 571 cm³/mol. The van der Waals surface area contributed by atoms with E-state index in [1.165, 1.54) is 94.2 Å². The minimum Gasteiger partial charge on any atom is -0.361 e. The lowest BCUT2D eigenvalue weighted by Gasteiger charge is -2.06. The Morgan fingerprint density at radius 1 is 0.206 bits per heavy atom. The van der Waals surface area contributed by atoms with Gasteiger partial charge in [0.2, 0.25) is 0 Å². The predicted octanol–water partition coefficient (Wildman–Crippen LogP) is 26.4. The zero-order valence-corrected chi connectivity index (χ0v) is 79.3. The fourth-order valence-electron chi connectivity index (χ4n) is 17.1. The van der Waals surface area contributed by atoms with Crippen molar-refractivity contribution in [3.05, 3.63) is 504 Å². The van der Waals surface area contributed by atoms with Gasteiger partial charge < -0.3 is 19.9 Å². The number of rotatable bonds is 24. The third kappa shape index (κ3) is 25.5. The summed E-state index contributed by atoms with van der Waals surface area (Å²) in [5, 5.41) is 2.41. The summed E-state index contributed by atoms with van der Waals surface area (Å²) >= 11 is 0. The number of hydrogen-bond donors (Lipinski definition) is 4. The Hall–Kier alpha value is -17.4. The summed E-state index contributed by atoms with van der Waals surface area (Å²) in [5.41, 5.74) is 36.7. The van der Waals surface area contributed by atoms with E-state index in [0.717, 1.165) is 214 Å². The Kier molecular flexibility index (Phi) is 30.2. The van der Waals surface area contributed by atoms with Crippen LogP contribution in [0.15, 0.2) is 397 Å². The van der Waals surface area contributed by atoms with Gasteiger partial charge in [0.05, 0.1) is 34.7 Å². The Morgan fingerprint density at radius 3 is 0.752 bits per heavy atom. The number of aromatic amines is 4. The van der Waals surface area contributed by atoms with E-state index in [4.69, 9.17) is 0 Å². The molecule has 141 heavy (non-hydrogen) atoms. The largest absolute Gasteiger partial charge is 0.361 e. The number of imidazole rings is 2. The molecule has 0 amide bonds. The molecule has 690 valence electrons. The van der Waals surface area contributed by atoms with Gasteiger partial charge in [0.1, 0.15) is 34.9 Å². The van der Waals surface area contributed by atoms with E-state index in [1.54, 1.807) is 12.7 Å². The molecule has 10 aromatic heterocycles. The van der Waals surface area contributed by atoms with Crippen LogP contribution in [0, 0.1) is 20.8 Å². The van der Waals surface area contributed by atoms with Crippen molar-refractivity contribution in [2.45, 2.75) is 111 Å². The van der Waals surface area contributed by atoms with Crippen LogP contribution in [0.5, 0.6) is 0 Å². The van der Waals surface area contributed by atoms with Gasteiger partial charge in [-0.3, -0.25) is 0 Å². The Morgan fingerprint density at radius 2 is 0.461 bits per heavy atom. The number of aryl methyl sites for hydroxylation is 15. The van der Waals surface area contributed by atoms with E-state index in [1.807, 2.05) is 129 Å². The molecule has 0 spiro atoms. The number of benzene rings is 12. The second kappa shape index (κ2) is 46.0. The topological polar surface area (TPSA) is 244 Å². The molecule has 0 radical (unpaired) electrons. The molecule has 2 aliphatic carbocycles. The lowest BCUT2D eigenvalue weighted by atomic mass is 10.0. The molecule has 0 saturated heterocycles. The van der Waals surface area contributed by atoms with Gasteiger partial charge in [-0.1, -0.05) is 265 Å². The molecule has 2 aliphatic rings. The van der Waals surface area contributed by atoms with E-state index in [0.29, 0.717) is 0 Å². The average molecular weight is 1840 g/mol. The molecule has 0 bridgehead atoms. The quantitative estimate of drug-likeness (QED) is 0.0440. The molecule has 0 saturated carbocycles. The van der Waals surface area contributed by atoms with Crippen LogP contribution in [-0.2, 0) is 89.9 Å². The van der Waals surface area contributed by atoms with Crippen molar-refractivity contribution in [1.82, 2.24) is 89.7 Å². The van der Waals surface area contributed by atoms with Crippen molar-refractivity contribution in [3.8, 4) is 66.8 Å². The van der Waals surface area contributed by atoms with Crippen LogP contribution in [0.25, 0.3) is 123 Å². The second-order valence-corrected chi connectivity index (χ2v) is 35.6. The first kappa shape index (κ1) is 92.7. The highest BCUT2D eigenvalue weighted by atomic mass is 14.9. The van der Waals surface area contributed by atoms with Gasteiger partial charge in [-0.15, -0.1) is 0 Å². The van der Waals surface area contributed by atoms with Crippen molar-refractivity contribution in [2.24, 2.45) is 0 Å².